The van der Waals surface area contributed by atoms with Gasteiger partial charge in [0.1, 0.15) is 5.75 Å². The molecule has 0 saturated carbocycles. The van der Waals surface area contributed by atoms with E-state index in [0.29, 0.717) is 35.7 Å². The fourth-order valence-electron chi connectivity index (χ4n) is 2.59. The number of benzene rings is 2. The molecule has 0 aromatic heterocycles. The van der Waals surface area contributed by atoms with Crippen LogP contribution in [0.25, 0.3) is 0 Å². The van der Waals surface area contributed by atoms with Crippen molar-refractivity contribution in [1.82, 2.24) is 5.32 Å². The summed E-state index contributed by atoms with van der Waals surface area (Å²) in [6.45, 7) is 0.493. The van der Waals surface area contributed by atoms with Crippen molar-refractivity contribution in [3.8, 4) is 5.75 Å². The summed E-state index contributed by atoms with van der Waals surface area (Å²) >= 11 is 5.95. The molecule has 0 heterocycles. The number of nitrogens with one attached hydrogen (secondary N) is 1. The number of hydrogen-bond donors (Lipinski definition) is 2. The van der Waals surface area contributed by atoms with E-state index in [2.05, 4.69) is 5.32 Å². The van der Waals surface area contributed by atoms with Gasteiger partial charge in [-0.25, -0.2) is 0 Å². The molecule has 0 bridgehead atoms. The van der Waals surface area contributed by atoms with Gasteiger partial charge in [-0.2, -0.15) is 0 Å². The first kappa shape index (κ1) is 19.8. The number of halogens is 1. The maximum Gasteiger partial charge on any atom is 0.303 e. The molecule has 2 rings (SSSR count). The lowest BCUT2D eigenvalue weighted by molar-refractivity contribution is -0.137. The monoisotopic (exact) mass is 375 g/mol. The average molecular weight is 376 g/mol. The lowest BCUT2D eigenvalue weighted by Gasteiger charge is -2.10. The van der Waals surface area contributed by atoms with E-state index in [4.69, 9.17) is 21.4 Å². The maximum atomic E-state index is 12.3. The largest absolute Gasteiger partial charge is 0.496 e. The Morgan fingerprint density at radius 3 is 2.35 bits per heavy atom. The fraction of sp³-hybridized carbons (Fsp3) is 0.300. The molecule has 5 nitrogen and oxygen atoms in total. The SMILES string of the molecule is COc1ccc(Cl)cc1C(=O)NCCc1ccc(CCCC(=O)O)cc1. The van der Waals surface area contributed by atoms with E-state index < -0.39 is 5.97 Å². The molecule has 26 heavy (non-hydrogen) atoms. The number of carbonyl (C=O) groups excluding carboxylic acids is 1. The second-order valence-electron chi connectivity index (χ2n) is 5.91. The molecule has 0 fully saturated rings. The van der Waals surface area contributed by atoms with Gasteiger partial charge in [0, 0.05) is 18.0 Å². The van der Waals surface area contributed by atoms with Crippen LogP contribution in [0, 0.1) is 0 Å². The highest BCUT2D eigenvalue weighted by Crippen LogP contribution is 2.22. The van der Waals surface area contributed by atoms with E-state index >= 15 is 0 Å². The summed E-state index contributed by atoms with van der Waals surface area (Å²) < 4.78 is 5.19. The lowest BCUT2D eigenvalue weighted by Crippen LogP contribution is -2.26. The first-order chi connectivity index (χ1) is 12.5. The zero-order valence-electron chi connectivity index (χ0n) is 14.6. The number of hydrogen-bond acceptors (Lipinski definition) is 3. The van der Waals surface area contributed by atoms with Crippen LogP contribution in [0.3, 0.4) is 0 Å². The van der Waals surface area contributed by atoms with E-state index in [1.807, 2.05) is 24.3 Å². The minimum Gasteiger partial charge on any atom is -0.496 e. The van der Waals surface area contributed by atoms with Gasteiger partial charge in [-0.3, -0.25) is 9.59 Å². The van der Waals surface area contributed by atoms with Gasteiger partial charge in [-0.05, 0) is 48.6 Å². The van der Waals surface area contributed by atoms with Gasteiger partial charge in [0.25, 0.3) is 5.91 Å². The summed E-state index contributed by atoms with van der Waals surface area (Å²) in [4.78, 5) is 22.8. The van der Waals surface area contributed by atoms with Crippen molar-refractivity contribution in [3.63, 3.8) is 0 Å². The molecule has 0 spiro atoms. The molecule has 6 heteroatoms. The summed E-state index contributed by atoms with van der Waals surface area (Å²) in [6, 6.07) is 12.9. The number of ether oxygens (including phenoxy) is 1. The second kappa shape index (κ2) is 9.82. The molecule has 2 aromatic carbocycles. The highest BCUT2D eigenvalue weighted by atomic mass is 35.5. The summed E-state index contributed by atoms with van der Waals surface area (Å²) in [5.41, 5.74) is 2.63. The molecular weight excluding hydrogens is 354 g/mol. The van der Waals surface area contributed by atoms with Crippen molar-refractivity contribution >= 4 is 23.5 Å². The Balaban J connectivity index is 1.83. The third kappa shape index (κ3) is 6.08. The molecule has 138 valence electrons. The molecular formula is C20H22ClNO4. The Kier molecular flexibility index (Phi) is 7.48. The zero-order valence-corrected chi connectivity index (χ0v) is 15.4. The predicted octanol–water partition coefficient (Wildman–Crippen LogP) is 3.73. The van der Waals surface area contributed by atoms with Crippen LogP contribution in [-0.2, 0) is 17.6 Å². The minimum atomic E-state index is -0.770. The van der Waals surface area contributed by atoms with E-state index in [-0.39, 0.29) is 12.3 Å². The molecule has 1 amide bonds. The lowest BCUT2D eigenvalue weighted by atomic mass is 10.0. The van der Waals surface area contributed by atoms with Crippen LogP contribution in [0.4, 0.5) is 0 Å². The Morgan fingerprint density at radius 1 is 1.08 bits per heavy atom. The number of carboxylic acids is 1. The van der Waals surface area contributed by atoms with E-state index in [9.17, 15) is 9.59 Å². The van der Waals surface area contributed by atoms with Crippen LogP contribution >= 0.6 is 11.6 Å². The summed E-state index contributed by atoms with van der Waals surface area (Å²) in [5.74, 6) is -0.513. The number of methoxy groups -OCH3 is 1. The standard InChI is InChI=1S/C20H22ClNO4/c1-26-18-10-9-16(21)13-17(18)20(25)22-12-11-15-7-5-14(6-8-15)3-2-4-19(23)24/h5-10,13H,2-4,11-12H2,1H3,(H,22,25)(H,23,24). The Bertz CT molecular complexity index is 759. The first-order valence-electron chi connectivity index (χ1n) is 8.41. The Morgan fingerprint density at radius 2 is 1.73 bits per heavy atom. The number of aryl methyl sites for hydroxylation is 1. The van der Waals surface area contributed by atoms with Gasteiger partial charge in [0.05, 0.1) is 12.7 Å². The van der Waals surface area contributed by atoms with Gasteiger partial charge in [-0.1, -0.05) is 35.9 Å². The van der Waals surface area contributed by atoms with Crippen molar-refractivity contribution in [1.29, 1.82) is 0 Å². The highest BCUT2D eigenvalue weighted by Gasteiger charge is 2.12. The van der Waals surface area contributed by atoms with E-state index in [1.54, 1.807) is 18.2 Å². The summed E-state index contributed by atoms with van der Waals surface area (Å²) in [6.07, 6.45) is 2.26. The van der Waals surface area contributed by atoms with Crippen molar-refractivity contribution in [2.75, 3.05) is 13.7 Å². The highest BCUT2D eigenvalue weighted by molar-refractivity contribution is 6.31. The normalized spacial score (nSPS) is 10.4. The molecule has 2 N–H and O–H groups in total. The van der Waals surface area contributed by atoms with Gasteiger partial charge in [-0.15, -0.1) is 0 Å². The zero-order chi connectivity index (χ0) is 18.9. The van der Waals surface area contributed by atoms with Crippen molar-refractivity contribution in [2.45, 2.75) is 25.7 Å². The van der Waals surface area contributed by atoms with E-state index in [0.717, 1.165) is 17.5 Å². The number of aliphatic carboxylic acids is 1. The molecule has 0 aliphatic carbocycles. The number of carboxylic acid groups (broad SMARTS) is 1. The van der Waals surface area contributed by atoms with Gasteiger partial charge >= 0.3 is 5.97 Å². The Hall–Kier alpha value is -2.53. The predicted molar refractivity (Wildman–Crippen MR) is 101 cm³/mol. The van der Waals surface area contributed by atoms with Crippen LogP contribution in [-0.4, -0.2) is 30.6 Å². The van der Waals surface area contributed by atoms with Crippen LogP contribution < -0.4 is 10.1 Å². The molecule has 0 saturated heterocycles. The second-order valence-corrected chi connectivity index (χ2v) is 6.35. The molecule has 0 aliphatic heterocycles. The first-order valence-corrected chi connectivity index (χ1v) is 8.78. The molecule has 2 aromatic rings. The molecule has 0 atom stereocenters. The van der Waals surface area contributed by atoms with Gasteiger partial charge in [0.15, 0.2) is 0 Å². The summed E-state index contributed by atoms with van der Waals surface area (Å²) in [5, 5.41) is 12.0. The van der Waals surface area contributed by atoms with Crippen molar-refractivity contribution in [3.05, 3.63) is 64.2 Å². The van der Waals surface area contributed by atoms with Gasteiger partial charge in [0.2, 0.25) is 0 Å². The average Bonchev–Trinajstić information content (AvgIpc) is 2.62. The van der Waals surface area contributed by atoms with Crippen molar-refractivity contribution < 1.29 is 19.4 Å². The van der Waals surface area contributed by atoms with Crippen LogP contribution in [0.1, 0.15) is 34.3 Å². The molecule has 0 unspecified atom stereocenters. The van der Waals surface area contributed by atoms with Crippen molar-refractivity contribution in [2.24, 2.45) is 0 Å². The number of amides is 1. The third-order valence-electron chi connectivity index (χ3n) is 3.98. The van der Waals surface area contributed by atoms with Gasteiger partial charge < -0.3 is 15.2 Å². The number of carbonyl (C=O) groups is 2. The quantitative estimate of drug-likeness (QED) is 0.700. The molecule has 0 radical (unpaired) electrons. The molecule has 0 aliphatic rings. The minimum absolute atomic E-state index is 0.181. The summed E-state index contributed by atoms with van der Waals surface area (Å²) in [7, 11) is 1.51. The smallest absolute Gasteiger partial charge is 0.303 e. The Labute approximate surface area is 157 Å². The number of rotatable bonds is 9. The maximum absolute atomic E-state index is 12.3. The van der Waals surface area contributed by atoms with Crippen LogP contribution in [0.5, 0.6) is 5.75 Å². The topological polar surface area (TPSA) is 75.6 Å². The third-order valence-corrected chi connectivity index (χ3v) is 4.22. The van der Waals surface area contributed by atoms with Crippen LogP contribution in [0.15, 0.2) is 42.5 Å². The van der Waals surface area contributed by atoms with Crippen LogP contribution in [0.2, 0.25) is 5.02 Å². The van der Waals surface area contributed by atoms with E-state index in [1.165, 1.54) is 7.11 Å². The fourth-order valence-corrected chi connectivity index (χ4v) is 2.76.